The zero-order valence-corrected chi connectivity index (χ0v) is 9.70. The molecule has 1 aromatic rings. The van der Waals surface area contributed by atoms with E-state index in [1.54, 1.807) is 12.1 Å². The molecule has 1 aliphatic carbocycles. The molecule has 2 atom stereocenters. The predicted octanol–water partition coefficient (Wildman–Crippen LogP) is 1.76. The van der Waals surface area contributed by atoms with Gasteiger partial charge in [0.1, 0.15) is 0 Å². The predicted molar refractivity (Wildman–Crippen MR) is 60.3 cm³/mol. The van der Waals surface area contributed by atoms with E-state index in [0.29, 0.717) is 11.4 Å². The monoisotopic (exact) mass is 240 g/mol. The van der Waals surface area contributed by atoms with Gasteiger partial charge in [0.25, 0.3) is 0 Å². The number of aliphatic hydroxyl groups excluding tert-OH is 1. The van der Waals surface area contributed by atoms with Gasteiger partial charge < -0.3 is 9.84 Å². The maximum Gasteiger partial charge on any atom is 0.316 e. The summed E-state index contributed by atoms with van der Waals surface area (Å²) in [5, 5.41) is 9.80. The van der Waals surface area contributed by atoms with Gasteiger partial charge in [0.15, 0.2) is 0 Å². The molecular formula is C12H13ClO3. The number of methoxy groups -OCH3 is 1. The highest BCUT2D eigenvalue weighted by Gasteiger charge is 2.61. The minimum atomic E-state index is -0.659. The van der Waals surface area contributed by atoms with Gasteiger partial charge in [-0.2, -0.15) is 0 Å². The molecule has 16 heavy (non-hydrogen) atoms. The molecule has 1 N–H and O–H groups in total. The Morgan fingerprint density at radius 2 is 2.19 bits per heavy atom. The van der Waals surface area contributed by atoms with Gasteiger partial charge in [0, 0.05) is 17.5 Å². The van der Waals surface area contributed by atoms with Crippen LogP contribution in [-0.2, 0) is 14.9 Å². The first-order valence-electron chi connectivity index (χ1n) is 5.10. The van der Waals surface area contributed by atoms with E-state index < -0.39 is 5.41 Å². The van der Waals surface area contributed by atoms with Crippen molar-refractivity contribution in [3.05, 3.63) is 34.9 Å². The molecule has 0 saturated heterocycles. The van der Waals surface area contributed by atoms with Gasteiger partial charge in [-0.1, -0.05) is 23.7 Å². The number of halogens is 1. The number of ether oxygens (including phenoxy) is 1. The van der Waals surface area contributed by atoms with Gasteiger partial charge in [-0.25, -0.2) is 0 Å². The molecule has 0 aliphatic heterocycles. The normalized spacial score (nSPS) is 27.6. The van der Waals surface area contributed by atoms with E-state index in [2.05, 4.69) is 0 Å². The van der Waals surface area contributed by atoms with E-state index in [9.17, 15) is 4.79 Å². The summed E-state index contributed by atoms with van der Waals surface area (Å²) in [5.41, 5.74) is 0.205. The summed E-state index contributed by atoms with van der Waals surface area (Å²) in [4.78, 5) is 11.8. The molecule has 1 aliphatic rings. The van der Waals surface area contributed by atoms with E-state index in [4.69, 9.17) is 21.4 Å². The molecule has 3 nitrogen and oxygen atoms in total. The van der Waals surface area contributed by atoms with Crippen molar-refractivity contribution in [2.45, 2.75) is 11.8 Å². The summed E-state index contributed by atoms with van der Waals surface area (Å²) < 4.78 is 4.81. The van der Waals surface area contributed by atoms with Crippen LogP contribution in [0.15, 0.2) is 24.3 Å². The zero-order valence-electron chi connectivity index (χ0n) is 8.94. The fourth-order valence-corrected chi connectivity index (χ4v) is 2.33. The lowest BCUT2D eigenvalue weighted by Gasteiger charge is -2.14. The van der Waals surface area contributed by atoms with Gasteiger partial charge in [-0.15, -0.1) is 0 Å². The minimum Gasteiger partial charge on any atom is -0.468 e. The highest BCUT2D eigenvalue weighted by atomic mass is 35.5. The molecule has 0 aromatic heterocycles. The Hall–Kier alpha value is -1.06. The molecule has 0 radical (unpaired) electrons. The van der Waals surface area contributed by atoms with Crippen molar-refractivity contribution in [3.8, 4) is 0 Å². The Kier molecular flexibility index (Phi) is 2.91. The van der Waals surface area contributed by atoms with E-state index in [-0.39, 0.29) is 18.5 Å². The second-order valence-corrected chi connectivity index (χ2v) is 4.49. The zero-order chi connectivity index (χ0) is 11.8. The number of hydrogen-bond acceptors (Lipinski definition) is 3. The van der Waals surface area contributed by atoms with Crippen molar-refractivity contribution in [2.75, 3.05) is 13.7 Å². The van der Waals surface area contributed by atoms with E-state index >= 15 is 0 Å². The Bertz CT molecular complexity index is 401. The van der Waals surface area contributed by atoms with E-state index in [1.807, 2.05) is 12.1 Å². The summed E-state index contributed by atoms with van der Waals surface area (Å²) >= 11 is 5.80. The van der Waals surface area contributed by atoms with Crippen molar-refractivity contribution >= 4 is 17.6 Å². The minimum absolute atomic E-state index is 0.00226. The standard InChI is InChI=1S/C12H13ClO3/c1-16-11(15)12(6-9(12)7-14)8-2-4-10(13)5-3-8/h2-5,9,14H,6-7H2,1H3/t9-,12-/m0/s1. The number of aliphatic hydroxyl groups is 1. The Balaban J connectivity index is 2.35. The molecule has 0 amide bonds. The van der Waals surface area contributed by atoms with Gasteiger partial charge >= 0.3 is 5.97 Å². The van der Waals surface area contributed by atoms with Crippen LogP contribution < -0.4 is 0 Å². The Labute approximate surface area is 99.0 Å². The Morgan fingerprint density at radius 1 is 1.56 bits per heavy atom. The van der Waals surface area contributed by atoms with E-state index in [1.165, 1.54) is 7.11 Å². The van der Waals surface area contributed by atoms with Crippen LogP contribution >= 0.6 is 11.6 Å². The lowest BCUT2D eigenvalue weighted by atomic mass is 9.93. The summed E-state index contributed by atoms with van der Waals surface area (Å²) in [6, 6.07) is 7.12. The first-order valence-corrected chi connectivity index (χ1v) is 5.48. The summed E-state index contributed by atoms with van der Waals surface area (Å²) in [5.74, 6) is -0.324. The third-order valence-corrected chi connectivity index (χ3v) is 3.49. The number of benzene rings is 1. The summed E-state index contributed by atoms with van der Waals surface area (Å²) in [6.07, 6.45) is 0.637. The maximum atomic E-state index is 11.8. The summed E-state index contributed by atoms with van der Waals surface area (Å²) in [6.45, 7) is -0.00226. The van der Waals surface area contributed by atoms with Crippen LogP contribution in [0.1, 0.15) is 12.0 Å². The van der Waals surface area contributed by atoms with Gasteiger partial charge in [0.2, 0.25) is 0 Å². The lowest BCUT2D eigenvalue weighted by Crippen LogP contribution is -2.25. The first-order chi connectivity index (χ1) is 7.65. The lowest BCUT2D eigenvalue weighted by molar-refractivity contribution is -0.144. The number of carbonyl (C=O) groups excluding carboxylic acids is 1. The highest BCUT2D eigenvalue weighted by Crippen LogP contribution is 2.54. The number of hydrogen-bond donors (Lipinski definition) is 1. The van der Waals surface area contributed by atoms with Gasteiger partial charge in [-0.3, -0.25) is 4.79 Å². The number of rotatable bonds is 3. The van der Waals surface area contributed by atoms with Crippen LogP contribution in [0, 0.1) is 5.92 Å². The maximum absolute atomic E-state index is 11.8. The van der Waals surface area contributed by atoms with Crippen LogP contribution in [0.3, 0.4) is 0 Å². The van der Waals surface area contributed by atoms with Crippen molar-refractivity contribution in [3.63, 3.8) is 0 Å². The second-order valence-electron chi connectivity index (χ2n) is 4.05. The molecule has 0 heterocycles. The SMILES string of the molecule is COC(=O)[C@]1(c2ccc(Cl)cc2)C[C@H]1CO. The quantitative estimate of drug-likeness (QED) is 0.819. The van der Waals surface area contributed by atoms with Crippen LogP contribution in [0.25, 0.3) is 0 Å². The topological polar surface area (TPSA) is 46.5 Å². The molecule has 0 spiro atoms. The average Bonchev–Trinajstić information content (AvgIpc) is 3.04. The van der Waals surface area contributed by atoms with Gasteiger partial charge in [0.05, 0.1) is 12.5 Å². The van der Waals surface area contributed by atoms with Crippen molar-refractivity contribution in [1.29, 1.82) is 0 Å². The van der Waals surface area contributed by atoms with Crippen LogP contribution in [0.5, 0.6) is 0 Å². The molecule has 86 valence electrons. The molecule has 1 saturated carbocycles. The van der Waals surface area contributed by atoms with Crippen LogP contribution in [0.4, 0.5) is 0 Å². The molecular weight excluding hydrogens is 228 g/mol. The van der Waals surface area contributed by atoms with Crippen molar-refractivity contribution < 1.29 is 14.6 Å². The third kappa shape index (κ3) is 1.60. The molecule has 1 fully saturated rings. The highest BCUT2D eigenvalue weighted by molar-refractivity contribution is 6.30. The molecule has 4 heteroatoms. The third-order valence-electron chi connectivity index (χ3n) is 3.23. The molecule has 2 rings (SSSR count). The smallest absolute Gasteiger partial charge is 0.316 e. The summed E-state index contributed by atoms with van der Waals surface area (Å²) in [7, 11) is 1.37. The van der Waals surface area contributed by atoms with Crippen molar-refractivity contribution in [2.24, 2.45) is 5.92 Å². The number of esters is 1. The Morgan fingerprint density at radius 3 is 2.62 bits per heavy atom. The van der Waals surface area contributed by atoms with Crippen molar-refractivity contribution in [1.82, 2.24) is 0 Å². The largest absolute Gasteiger partial charge is 0.468 e. The van der Waals surface area contributed by atoms with Crippen LogP contribution in [0.2, 0.25) is 5.02 Å². The average molecular weight is 241 g/mol. The fraction of sp³-hybridized carbons (Fsp3) is 0.417. The van der Waals surface area contributed by atoms with E-state index in [0.717, 1.165) is 5.56 Å². The first kappa shape index (κ1) is 11.4. The molecule has 0 unspecified atom stereocenters. The van der Waals surface area contributed by atoms with Crippen LogP contribution in [-0.4, -0.2) is 24.8 Å². The fourth-order valence-electron chi connectivity index (χ4n) is 2.20. The number of carbonyl (C=O) groups is 1. The molecule has 1 aromatic carbocycles. The van der Waals surface area contributed by atoms with Gasteiger partial charge in [-0.05, 0) is 24.1 Å². The second kappa shape index (κ2) is 4.07. The molecule has 0 bridgehead atoms.